The number of rotatable bonds is 9. The molecule has 154 valence electrons. The number of carbonyl (C=O) groups is 3. The van der Waals surface area contributed by atoms with Crippen LogP contribution in [0.2, 0.25) is 0 Å². The van der Waals surface area contributed by atoms with Gasteiger partial charge in [-0.05, 0) is 74.2 Å². The first-order chi connectivity index (χ1) is 13.6. The van der Waals surface area contributed by atoms with Crippen molar-refractivity contribution in [3.63, 3.8) is 0 Å². The van der Waals surface area contributed by atoms with Crippen molar-refractivity contribution < 1.29 is 24.6 Å². The van der Waals surface area contributed by atoms with Crippen LogP contribution in [0.1, 0.15) is 15.9 Å². The lowest BCUT2D eigenvalue weighted by atomic mass is 10.1. The van der Waals surface area contributed by atoms with Crippen molar-refractivity contribution in [3.05, 3.63) is 50.4 Å². The van der Waals surface area contributed by atoms with Gasteiger partial charge < -0.3 is 32.3 Å². The van der Waals surface area contributed by atoms with Crippen LogP contribution >= 0.6 is 31.9 Å². The zero-order valence-electron chi connectivity index (χ0n) is 14.9. The van der Waals surface area contributed by atoms with Crippen LogP contribution in [0.3, 0.4) is 0 Å². The summed E-state index contributed by atoms with van der Waals surface area (Å²) in [5.41, 5.74) is 13.0. The van der Waals surface area contributed by atoms with Crippen LogP contribution < -0.4 is 22.1 Å². The van der Waals surface area contributed by atoms with Gasteiger partial charge in [0.2, 0.25) is 6.04 Å². The van der Waals surface area contributed by atoms with Crippen LogP contribution in [-0.4, -0.2) is 40.6 Å². The third-order valence-corrected chi connectivity index (χ3v) is 5.28. The SMILES string of the molecule is NC(=O)C(Nc1cc(C(=O)O)ccc1NCCc1cc(Br)c(N)c(Br)c1)C(=O)O. The molecule has 2 aromatic rings. The minimum absolute atomic E-state index is 0.0712. The van der Waals surface area contributed by atoms with Gasteiger partial charge in [-0.25, -0.2) is 9.59 Å². The van der Waals surface area contributed by atoms with Gasteiger partial charge in [0.15, 0.2) is 0 Å². The highest BCUT2D eigenvalue weighted by Gasteiger charge is 2.25. The van der Waals surface area contributed by atoms with Gasteiger partial charge in [0.05, 0.1) is 22.6 Å². The summed E-state index contributed by atoms with van der Waals surface area (Å²) in [5.74, 6) is -3.76. The number of primary amides is 1. The zero-order valence-corrected chi connectivity index (χ0v) is 18.1. The molecule has 0 bridgehead atoms. The average Bonchev–Trinajstić information content (AvgIpc) is 2.64. The molecule has 1 atom stereocenters. The summed E-state index contributed by atoms with van der Waals surface area (Å²) in [6, 6.07) is 6.14. The molecule has 0 fully saturated rings. The number of anilines is 3. The Morgan fingerprint density at radius 1 is 1.03 bits per heavy atom. The van der Waals surface area contributed by atoms with Crippen LogP contribution in [0.5, 0.6) is 0 Å². The Morgan fingerprint density at radius 3 is 2.17 bits per heavy atom. The number of nitrogens with one attached hydrogen (secondary N) is 2. The summed E-state index contributed by atoms with van der Waals surface area (Å²) in [6.07, 6.45) is 0.593. The molecule has 0 saturated carbocycles. The molecule has 0 aromatic heterocycles. The van der Waals surface area contributed by atoms with E-state index in [0.29, 0.717) is 24.3 Å². The Balaban J connectivity index is 2.21. The van der Waals surface area contributed by atoms with Crippen LogP contribution in [0.4, 0.5) is 17.1 Å². The molecule has 0 spiro atoms. The summed E-state index contributed by atoms with van der Waals surface area (Å²) in [5, 5.41) is 23.9. The molecule has 0 aliphatic carbocycles. The second-order valence-electron chi connectivity index (χ2n) is 6.03. The van der Waals surface area contributed by atoms with E-state index >= 15 is 0 Å². The highest BCUT2D eigenvalue weighted by atomic mass is 79.9. The molecule has 1 unspecified atom stereocenters. The van der Waals surface area contributed by atoms with Crippen LogP contribution in [0, 0.1) is 0 Å². The van der Waals surface area contributed by atoms with E-state index in [-0.39, 0.29) is 11.3 Å². The lowest BCUT2D eigenvalue weighted by molar-refractivity contribution is -0.141. The van der Waals surface area contributed by atoms with Crippen molar-refractivity contribution in [2.75, 3.05) is 22.9 Å². The van der Waals surface area contributed by atoms with Gasteiger partial charge in [-0.2, -0.15) is 0 Å². The smallest absolute Gasteiger partial charge is 0.336 e. The van der Waals surface area contributed by atoms with Crippen molar-refractivity contribution in [2.24, 2.45) is 5.73 Å². The predicted molar refractivity (Wildman–Crippen MR) is 116 cm³/mol. The fourth-order valence-electron chi connectivity index (χ4n) is 2.48. The summed E-state index contributed by atoms with van der Waals surface area (Å²) in [6.45, 7) is 0.443. The highest BCUT2D eigenvalue weighted by Crippen LogP contribution is 2.30. The van der Waals surface area contributed by atoms with E-state index in [1.165, 1.54) is 18.2 Å². The van der Waals surface area contributed by atoms with Gasteiger partial charge in [-0.3, -0.25) is 4.79 Å². The highest BCUT2D eigenvalue weighted by molar-refractivity contribution is 9.11. The summed E-state index contributed by atoms with van der Waals surface area (Å²) in [7, 11) is 0. The van der Waals surface area contributed by atoms with Crippen molar-refractivity contribution in [2.45, 2.75) is 12.5 Å². The summed E-state index contributed by atoms with van der Waals surface area (Å²) >= 11 is 6.76. The first-order valence-electron chi connectivity index (χ1n) is 8.23. The molecule has 2 rings (SSSR count). The first kappa shape index (κ1) is 22.5. The van der Waals surface area contributed by atoms with Gasteiger partial charge >= 0.3 is 11.9 Å². The van der Waals surface area contributed by atoms with Crippen LogP contribution in [-0.2, 0) is 16.0 Å². The fourth-order valence-corrected chi connectivity index (χ4v) is 3.76. The maximum Gasteiger partial charge on any atom is 0.336 e. The fraction of sp³-hybridized carbons (Fsp3) is 0.167. The number of nitrogens with two attached hydrogens (primary N) is 2. The van der Waals surface area contributed by atoms with Gasteiger partial charge in [0.25, 0.3) is 5.91 Å². The molecule has 1 amide bonds. The maximum absolute atomic E-state index is 11.4. The Kier molecular flexibility index (Phi) is 7.46. The van der Waals surface area contributed by atoms with E-state index < -0.39 is 23.9 Å². The molecule has 0 radical (unpaired) electrons. The molecule has 0 heterocycles. The number of amides is 1. The molecule has 11 heteroatoms. The average molecular weight is 530 g/mol. The Hall–Kier alpha value is -2.79. The third kappa shape index (κ3) is 5.84. The lowest BCUT2D eigenvalue weighted by Gasteiger charge is -2.18. The number of carboxylic acids is 2. The van der Waals surface area contributed by atoms with Crippen LogP contribution in [0.25, 0.3) is 0 Å². The Labute approximate surface area is 182 Å². The quantitative estimate of drug-likeness (QED) is 0.212. The molecule has 9 nitrogen and oxygen atoms in total. The topological polar surface area (TPSA) is 168 Å². The normalized spacial score (nSPS) is 11.5. The van der Waals surface area contributed by atoms with Crippen molar-refractivity contribution >= 4 is 66.8 Å². The number of aromatic carboxylic acids is 1. The van der Waals surface area contributed by atoms with E-state index in [4.69, 9.17) is 16.6 Å². The van der Waals surface area contributed by atoms with Crippen LogP contribution in [0.15, 0.2) is 39.3 Å². The molecular formula is C18H18Br2N4O5. The van der Waals surface area contributed by atoms with Gasteiger partial charge in [-0.1, -0.05) is 0 Å². The molecule has 29 heavy (non-hydrogen) atoms. The maximum atomic E-state index is 11.4. The number of carboxylic acid groups (broad SMARTS) is 2. The van der Waals surface area contributed by atoms with E-state index in [0.717, 1.165) is 14.5 Å². The first-order valence-corrected chi connectivity index (χ1v) is 9.82. The van der Waals surface area contributed by atoms with Crippen molar-refractivity contribution in [1.82, 2.24) is 0 Å². The van der Waals surface area contributed by atoms with E-state index in [2.05, 4.69) is 42.5 Å². The predicted octanol–water partition coefficient (Wildman–Crippen LogP) is 2.50. The summed E-state index contributed by atoms with van der Waals surface area (Å²) in [4.78, 5) is 33.9. The number of hydrogen-bond acceptors (Lipinski definition) is 6. The Bertz CT molecular complexity index is 930. The van der Waals surface area contributed by atoms with Gasteiger partial charge in [-0.15, -0.1) is 0 Å². The minimum atomic E-state index is -1.70. The second kappa shape index (κ2) is 9.61. The lowest BCUT2D eigenvalue weighted by Crippen LogP contribution is -2.42. The molecule has 0 aliphatic heterocycles. The number of nitrogen functional groups attached to an aromatic ring is 1. The van der Waals surface area contributed by atoms with E-state index in [1.807, 2.05) is 12.1 Å². The molecule has 2 aromatic carbocycles. The zero-order chi connectivity index (χ0) is 21.7. The van der Waals surface area contributed by atoms with Crippen molar-refractivity contribution in [3.8, 4) is 0 Å². The monoisotopic (exact) mass is 528 g/mol. The number of aliphatic carboxylic acids is 1. The van der Waals surface area contributed by atoms with E-state index in [1.54, 1.807) is 0 Å². The second-order valence-corrected chi connectivity index (χ2v) is 7.74. The molecule has 0 saturated heterocycles. The number of carbonyl (C=O) groups excluding carboxylic acids is 1. The van der Waals surface area contributed by atoms with Gasteiger partial charge in [0.1, 0.15) is 0 Å². The molecule has 0 aliphatic rings. The largest absolute Gasteiger partial charge is 0.479 e. The summed E-state index contributed by atoms with van der Waals surface area (Å²) < 4.78 is 1.50. The standard InChI is InChI=1S/C18H18Br2N4O5/c19-10-5-8(6-11(20)14(10)21)3-4-23-12-2-1-9(17(26)27)7-13(12)24-15(16(22)25)18(28)29/h1-2,5-7,15,23-24H,3-4,21H2,(H2,22,25)(H,26,27)(H,28,29). The van der Waals surface area contributed by atoms with E-state index in [9.17, 15) is 19.5 Å². The number of benzene rings is 2. The van der Waals surface area contributed by atoms with Gasteiger partial charge in [0, 0.05) is 15.5 Å². The number of halogens is 2. The third-order valence-electron chi connectivity index (χ3n) is 3.97. The molecule has 8 N–H and O–H groups in total. The Morgan fingerprint density at radius 2 is 1.66 bits per heavy atom. The number of hydrogen-bond donors (Lipinski definition) is 6. The minimum Gasteiger partial charge on any atom is -0.479 e. The molecular weight excluding hydrogens is 512 g/mol. The van der Waals surface area contributed by atoms with Crippen molar-refractivity contribution in [1.29, 1.82) is 0 Å².